The van der Waals surface area contributed by atoms with Gasteiger partial charge in [0.2, 0.25) is 0 Å². The molecule has 4 rings (SSSR count). The zero-order valence-corrected chi connectivity index (χ0v) is 19.3. The van der Waals surface area contributed by atoms with Gasteiger partial charge in [-0.15, -0.1) is 0 Å². The number of piperidine rings is 1. The van der Waals surface area contributed by atoms with Crippen molar-refractivity contribution in [3.63, 3.8) is 0 Å². The van der Waals surface area contributed by atoms with Gasteiger partial charge in [-0.2, -0.15) is 0 Å². The van der Waals surface area contributed by atoms with E-state index < -0.39 is 0 Å². The van der Waals surface area contributed by atoms with Crippen molar-refractivity contribution in [1.29, 1.82) is 0 Å². The van der Waals surface area contributed by atoms with E-state index in [0.717, 1.165) is 41.5 Å². The van der Waals surface area contributed by atoms with Crippen LogP contribution in [-0.4, -0.2) is 34.6 Å². The molecule has 160 valence electrons. The highest BCUT2D eigenvalue weighted by atomic mass is 35.5. The summed E-state index contributed by atoms with van der Waals surface area (Å²) in [6.45, 7) is 3.67. The topological polar surface area (TPSA) is 30.3 Å². The van der Waals surface area contributed by atoms with Gasteiger partial charge in [0, 0.05) is 18.1 Å². The van der Waals surface area contributed by atoms with E-state index in [2.05, 4.69) is 16.5 Å². The number of hydrogen-bond acceptors (Lipinski definition) is 3. The molecular weight excluding hydrogens is 441 g/mol. The fourth-order valence-corrected chi connectivity index (χ4v) is 4.70. The Bertz CT molecular complexity index is 1000. The first-order chi connectivity index (χ1) is 14.5. The molecule has 1 saturated heterocycles. The van der Waals surface area contributed by atoms with Crippen LogP contribution >= 0.6 is 34.8 Å². The lowest BCUT2D eigenvalue weighted by atomic mass is 9.94. The van der Waals surface area contributed by atoms with E-state index in [9.17, 15) is 0 Å². The van der Waals surface area contributed by atoms with Crippen LogP contribution < -0.4 is 4.74 Å². The summed E-state index contributed by atoms with van der Waals surface area (Å²) >= 11 is 18.5. The van der Waals surface area contributed by atoms with Gasteiger partial charge in [0.25, 0.3) is 0 Å². The van der Waals surface area contributed by atoms with Crippen LogP contribution in [-0.2, 0) is 13.2 Å². The van der Waals surface area contributed by atoms with Crippen LogP contribution in [0.15, 0.2) is 36.4 Å². The summed E-state index contributed by atoms with van der Waals surface area (Å²) in [7, 11) is 2.22. The molecule has 0 aliphatic carbocycles. The molecule has 1 aromatic heterocycles. The minimum absolute atomic E-state index is 0.373. The van der Waals surface area contributed by atoms with Crippen molar-refractivity contribution < 1.29 is 4.74 Å². The lowest BCUT2D eigenvalue weighted by molar-refractivity contribution is 0.198. The van der Waals surface area contributed by atoms with Crippen molar-refractivity contribution in [1.82, 2.24) is 14.5 Å². The molecule has 1 atom stereocenters. The molecule has 0 N–H and O–H groups in total. The Kier molecular flexibility index (Phi) is 7.09. The first-order valence-corrected chi connectivity index (χ1v) is 11.5. The maximum absolute atomic E-state index is 6.31. The Morgan fingerprint density at radius 1 is 1.10 bits per heavy atom. The highest BCUT2D eigenvalue weighted by Crippen LogP contribution is 2.30. The summed E-state index contributed by atoms with van der Waals surface area (Å²) in [5, 5.41) is 1.75. The van der Waals surface area contributed by atoms with Crippen LogP contribution in [0, 0.1) is 5.92 Å². The third kappa shape index (κ3) is 5.23. The molecular formula is C23H26Cl3N3O. The van der Waals surface area contributed by atoms with Gasteiger partial charge in [0.1, 0.15) is 18.2 Å². The molecule has 0 bridgehead atoms. The van der Waals surface area contributed by atoms with E-state index in [1.807, 2.05) is 36.4 Å². The number of benzene rings is 2. The van der Waals surface area contributed by atoms with Gasteiger partial charge in [-0.25, -0.2) is 4.98 Å². The van der Waals surface area contributed by atoms with Gasteiger partial charge < -0.3 is 14.2 Å². The minimum atomic E-state index is 0.373. The number of hydrogen-bond donors (Lipinski definition) is 0. The maximum Gasteiger partial charge on any atom is 0.147 e. The highest BCUT2D eigenvalue weighted by molar-refractivity contribution is 6.42. The molecule has 0 spiro atoms. The fourth-order valence-electron chi connectivity index (χ4n) is 4.26. The Hall–Kier alpha value is -1.46. The monoisotopic (exact) mass is 465 g/mol. The average molecular weight is 467 g/mol. The quantitative estimate of drug-likeness (QED) is 0.388. The third-order valence-electron chi connectivity index (χ3n) is 5.77. The van der Waals surface area contributed by atoms with Crippen LogP contribution in [0.3, 0.4) is 0 Å². The molecule has 1 aliphatic rings. The first-order valence-electron chi connectivity index (χ1n) is 10.4. The Morgan fingerprint density at radius 3 is 2.63 bits per heavy atom. The van der Waals surface area contributed by atoms with Gasteiger partial charge >= 0.3 is 0 Å². The molecule has 1 aliphatic heterocycles. The SMILES string of the molecule is CN1CCCC(CCCn2c(COc3ccc(Cl)cc3)nc3cc(Cl)c(Cl)cc32)C1. The maximum atomic E-state index is 6.31. The zero-order valence-electron chi connectivity index (χ0n) is 17.1. The van der Waals surface area contributed by atoms with E-state index in [4.69, 9.17) is 44.5 Å². The number of rotatable bonds is 7. The van der Waals surface area contributed by atoms with Crippen LogP contribution in [0.2, 0.25) is 15.1 Å². The molecule has 1 fully saturated rings. The van der Waals surface area contributed by atoms with Crippen molar-refractivity contribution in [3.8, 4) is 5.75 Å². The van der Waals surface area contributed by atoms with Gasteiger partial charge in [-0.3, -0.25) is 0 Å². The number of halogens is 3. The number of aromatic nitrogens is 2. The second-order valence-electron chi connectivity index (χ2n) is 8.09. The van der Waals surface area contributed by atoms with Crippen molar-refractivity contribution >= 4 is 45.8 Å². The predicted molar refractivity (Wildman–Crippen MR) is 125 cm³/mol. The zero-order chi connectivity index (χ0) is 21.1. The molecule has 2 heterocycles. The summed E-state index contributed by atoms with van der Waals surface area (Å²) in [5.74, 6) is 2.41. The van der Waals surface area contributed by atoms with E-state index >= 15 is 0 Å². The number of nitrogens with zero attached hydrogens (tertiary/aromatic N) is 3. The molecule has 4 nitrogen and oxygen atoms in total. The van der Waals surface area contributed by atoms with E-state index in [0.29, 0.717) is 21.7 Å². The second kappa shape index (κ2) is 9.78. The Balaban J connectivity index is 1.51. The molecule has 30 heavy (non-hydrogen) atoms. The lowest BCUT2D eigenvalue weighted by Crippen LogP contribution is -2.32. The summed E-state index contributed by atoms with van der Waals surface area (Å²) in [5.41, 5.74) is 1.84. The number of imidazole rings is 1. The third-order valence-corrected chi connectivity index (χ3v) is 6.74. The van der Waals surface area contributed by atoms with E-state index in [1.165, 1.54) is 32.4 Å². The van der Waals surface area contributed by atoms with Crippen molar-refractivity contribution in [2.24, 2.45) is 5.92 Å². The summed E-state index contributed by atoms with van der Waals surface area (Å²) in [4.78, 5) is 7.22. The molecule has 0 radical (unpaired) electrons. The first kappa shape index (κ1) is 21.8. The molecule has 1 unspecified atom stereocenters. The Labute approximate surface area is 192 Å². The average Bonchev–Trinajstić information content (AvgIpc) is 3.04. The predicted octanol–water partition coefficient (Wildman–Crippen LogP) is 6.70. The summed E-state index contributed by atoms with van der Waals surface area (Å²) in [6.07, 6.45) is 4.92. The van der Waals surface area contributed by atoms with Gasteiger partial charge in [0.05, 0.1) is 21.1 Å². The number of ether oxygens (including phenoxy) is 1. The molecule has 7 heteroatoms. The number of aryl methyl sites for hydroxylation is 1. The van der Waals surface area contributed by atoms with Crippen LogP contribution in [0.5, 0.6) is 5.75 Å². The Morgan fingerprint density at radius 2 is 1.87 bits per heavy atom. The van der Waals surface area contributed by atoms with Crippen molar-refractivity contribution in [3.05, 3.63) is 57.3 Å². The van der Waals surface area contributed by atoms with Crippen molar-refractivity contribution in [2.75, 3.05) is 20.1 Å². The highest BCUT2D eigenvalue weighted by Gasteiger charge is 2.18. The smallest absolute Gasteiger partial charge is 0.147 e. The van der Waals surface area contributed by atoms with Crippen LogP contribution in [0.4, 0.5) is 0 Å². The van der Waals surface area contributed by atoms with Gasteiger partial charge in [0.15, 0.2) is 0 Å². The standard InChI is InChI=1S/C23H26Cl3N3O/c1-28-10-2-4-16(14-28)5-3-11-29-22-13-20(26)19(25)12-21(22)27-23(29)15-30-18-8-6-17(24)7-9-18/h6-9,12-13,16H,2-5,10-11,14-15H2,1H3. The van der Waals surface area contributed by atoms with Gasteiger partial charge in [-0.1, -0.05) is 34.8 Å². The van der Waals surface area contributed by atoms with Crippen LogP contribution in [0.25, 0.3) is 11.0 Å². The largest absolute Gasteiger partial charge is 0.486 e. The van der Waals surface area contributed by atoms with E-state index in [-0.39, 0.29) is 0 Å². The van der Waals surface area contributed by atoms with E-state index in [1.54, 1.807) is 0 Å². The number of fused-ring (bicyclic) bond motifs is 1. The minimum Gasteiger partial charge on any atom is -0.486 e. The summed E-state index contributed by atoms with van der Waals surface area (Å²) < 4.78 is 8.20. The molecule has 0 saturated carbocycles. The summed E-state index contributed by atoms with van der Waals surface area (Å²) in [6, 6.07) is 11.1. The molecule has 3 aromatic rings. The van der Waals surface area contributed by atoms with Gasteiger partial charge in [-0.05, 0) is 81.6 Å². The number of likely N-dealkylation sites (tertiary alicyclic amines) is 1. The van der Waals surface area contributed by atoms with Crippen molar-refractivity contribution in [2.45, 2.75) is 38.8 Å². The second-order valence-corrected chi connectivity index (χ2v) is 9.34. The molecule has 0 amide bonds. The van der Waals surface area contributed by atoms with Crippen LogP contribution in [0.1, 0.15) is 31.5 Å². The lowest BCUT2D eigenvalue weighted by Gasteiger charge is -2.29. The fraction of sp³-hybridized carbons (Fsp3) is 0.435. The normalized spacial score (nSPS) is 17.5. The molecule has 2 aromatic carbocycles.